The van der Waals surface area contributed by atoms with Crippen molar-refractivity contribution in [1.82, 2.24) is 4.98 Å². The molecule has 9 nitrogen and oxygen atoms in total. The van der Waals surface area contributed by atoms with E-state index < -0.39 is 10.0 Å². The largest absolute Gasteiger partial charge is 0.480 e. The minimum Gasteiger partial charge on any atom is -0.480 e. The van der Waals surface area contributed by atoms with E-state index in [2.05, 4.69) is 39.7 Å². The van der Waals surface area contributed by atoms with Crippen molar-refractivity contribution in [1.29, 1.82) is 0 Å². The summed E-state index contributed by atoms with van der Waals surface area (Å²) in [5.74, 6) is 0.903. The fraction of sp³-hybridized carbons (Fsp3) is 0.345. The second kappa shape index (κ2) is 12.8. The zero-order chi connectivity index (χ0) is 28.9. The highest BCUT2D eigenvalue weighted by atomic mass is 35.5. The molecule has 2 aromatic carbocycles. The number of benzene rings is 2. The predicted octanol–water partition coefficient (Wildman–Crippen LogP) is 5.82. The average Bonchev–Trinajstić information content (AvgIpc) is 2.94. The lowest BCUT2D eigenvalue weighted by atomic mass is 9.92. The molecule has 1 heterocycles. The molecule has 0 aliphatic heterocycles. The van der Waals surface area contributed by atoms with Crippen LogP contribution in [0.1, 0.15) is 43.7 Å². The summed E-state index contributed by atoms with van der Waals surface area (Å²) >= 11 is 6.10. The van der Waals surface area contributed by atoms with Gasteiger partial charge >= 0.3 is 0 Å². The molecule has 40 heavy (non-hydrogen) atoms. The van der Waals surface area contributed by atoms with E-state index in [1.807, 2.05) is 13.0 Å². The molecule has 0 spiro atoms. The Balaban J connectivity index is 1.61. The number of methoxy groups -OCH3 is 1. The third kappa shape index (κ3) is 6.80. The van der Waals surface area contributed by atoms with E-state index in [0.717, 1.165) is 60.0 Å². The number of aliphatic imine (C=N–C) groups is 2. The Bertz CT molecular complexity index is 1520. The number of guanidine groups is 1. The molecule has 0 amide bonds. The summed E-state index contributed by atoms with van der Waals surface area (Å²) < 4.78 is 33.8. The molecule has 4 N–H and O–H groups in total. The van der Waals surface area contributed by atoms with Gasteiger partial charge in [0, 0.05) is 17.3 Å². The molecule has 212 valence electrons. The molecule has 3 aromatic rings. The van der Waals surface area contributed by atoms with Crippen molar-refractivity contribution in [3.05, 3.63) is 64.7 Å². The lowest BCUT2D eigenvalue weighted by molar-refractivity contribution is 0.396. The third-order valence-corrected chi connectivity index (χ3v) is 8.82. The third-order valence-electron chi connectivity index (χ3n) is 6.96. The van der Waals surface area contributed by atoms with Gasteiger partial charge in [0.15, 0.2) is 0 Å². The molecule has 1 aliphatic carbocycles. The van der Waals surface area contributed by atoms with Gasteiger partial charge in [-0.25, -0.2) is 18.4 Å². The monoisotopic (exact) mass is 582 g/mol. The van der Waals surface area contributed by atoms with Gasteiger partial charge in [-0.1, -0.05) is 30.7 Å². The fourth-order valence-corrected chi connectivity index (χ4v) is 6.35. The molecule has 0 bridgehead atoms. The predicted molar refractivity (Wildman–Crippen MR) is 163 cm³/mol. The van der Waals surface area contributed by atoms with Crippen molar-refractivity contribution >= 4 is 45.8 Å². The Morgan fingerprint density at radius 3 is 2.55 bits per heavy atom. The highest BCUT2D eigenvalue weighted by Gasteiger charge is 2.21. The van der Waals surface area contributed by atoms with E-state index in [4.69, 9.17) is 27.1 Å². The number of halogens is 1. The summed E-state index contributed by atoms with van der Waals surface area (Å²) in [5, 5.41) is 3.52. The Labute approximate surface area is 241 Å². The molecule has 1 aliphatic rings. The standard InChI is InChI=1S/C29H35ClN6O3S/c1-5-19-17-20(16-18(2)27(19)35-29(32-3)33-22-12-10-21(31)11-13-22)23-14-15-26(34-28(23)39-4)36-40(37,38)25-9-7-6-8-24(25)30/h6-9,14-17,21-22H,3,5,10-13,31H2,1-2,4H3,(H,33,35)(H,34,36). The zero-order valence-electron chi connectivity index (χ0n) is 22.9. The van der Waals surface area contributed by atoms with Crippen molar-refractivity contribution in [2.45, 2.75) is 62.9 Å². The van der Waals surface area contributed by atoms with Crippen LogP contribution in [0, 0.1) is 6.92 Å². The van der Waals surface area contributed by atoms with E-state index in [1.165, 1.54) is 19.2 Å². The van der Waals surface area contributed by atoms with Gasteiger partial charge in [-0.2, -0.15) is 4.98 Å². The Kier molecular flexibility index (Phi) is 9.44. The first-order chi connectivity index (χ1) is 19.1. The molecule has 0 atom stereocenters. The molecule has 1 aromatic heterocycles. The normalized spacial score (nSPS) is 17.8. The van der Waals surface area contributed by atoms with Gasteiger partial charge in [0.1, 0.15) is 10.7 Å². The van der Waals surface area contributed by atoms with Gasteiger partial charge in [0.25, 0.3) is 10.0 Å². The van der Waals surface area contributed by atoms with Crippen molar-refractivity contribution in [2.24, 2.45) is 15.7 Å². The number of rotatable bonds is 8. The van der Waals surface area contributed by atoms with Crippen molar-refractivity contribution < 1.29 is 13.2 Å². The van der Waals surface area contributed by atoms with E-state index >= 15 is 0 Å². The molecular formula is C29H35ClN6O3S. The topological polar surface area (TPSA) is 131 Å². The molecule has 0 radical (unpaired) electrons. The number of nitrogens with one attached hydrogen (secondary N) is 2. The summed E-state index contributed by atoms with van der Waals surface area (Å²) in [6.45, 7) is 7.81. The number of hydrogen-bond acceptors (Lipinski definition) is 6. The van der Waals surface area contributed by atoms with Gasteiger partial charge in [0.2, 0.25) is 11.8 Å². The van der Waals surface area contributed by atoms with Gasteiger partial charge in [0.05, 0.1) is 18.2 Å². The number of ether oxygens (including phenoxy) is 1. The number of hydrogen-bond donors (Lipinski definition) is 3. The molecular weight excluding hydrogens is 548 g/mol. The number of pyridine rings is 1. The van der Waals surface area contributed by atoms with Crippen molar-refractivity contribution in [2.75, 3.05) is 17.1 Å². The first kappa shape index (κ1) is 29.5. The van der Waals surface area contributed by atoms with E-state index in [9.17, 15) is 8.42 Å². The quantitative estimate of drug-likeness (QED) is 0.226. The summed E-state index contributed by atoms with van der Waals surface area (Å²) in [4.78, 5) is 13.3. The van der Waals surface area contributed by atoms with Crippen LogP contribution in [0.15, 0.2) is 63.4 Å². The van der Waals surface area contributed by atoms with Crippen LogP contribution in [0.4, 0.5) is 11.5 Å². The average molecular weight is 583 g/mol. The number of anilines is 2. The Morgan fingerprint density at radius 2 is 1.90 bits per heavy atom. The van der Waals surface area contributed by atoms with Crippen LogP contribution in [-0.4, -0.2) is 45.3 Å². The first-order valence-corrected chi connectivity index (χ1v) is 15.0. The van der Waals surface area contributed by atoms with Crippen LogP contribution in [0.5, 0.6) is 5.88 Å². The zero-order valence-corrected chi connectivity index (χ0v) is 24.5. The van der Waals surface area contributed by atoms with E-state index in [1.54, 1.807) is 24.3 Å². The number of nitrogens with two attached hydrogens (primary N) is 1. The van der Waals surface area contributed by atoms with Crippen molar-refractivity contribution in [3.63, 3.8) is 0 Å². The smallest absolute Gasteiger partial charge is 0.264 e. The number of nitrogens with zero attached hydrogens (tertiary/aromatic N) is 3. The SMILES string of the molecule is C=NC(=NC1CCC(N)CC1)Nc1c(C)cc(-c2ccc(NS(=O)(=O)c3ccccc3Cl)nc2OC)cc1CC. The second-order valence-corrected chi connectivity index (χ2v) is 11.8. The Morgan fingerprint density at radius 1 is 1.18 bits per heavy atom. The first-order valence-electron chi connectivity index (χ1n) is 13.2. The summed E-state index contributed by atoms with van der Waals surface area (Å²) in [5.41, 5.74) is 10.6. The minimum atomic E-state index is -3.94. The lowest BCUT2D eigenvalue weighted by Crippen LogP contribution is -2.29. The lowest BCUT2D eigenvalue weighted by Gasteiger charge is -2.24. The fourth-order valence-electron chi connectivity index (χ4n) is 4.83. The van der Waals surface area contributed by atoms with Crippen LogP contribution >= 0.6 is 11.6 Å². The van der Waals surface area contributed by atoms with Gasteiger partial charge < -0.3 is 15.8 Å². The molecule has 1 saturated carbocycles. The molecule has 1 fully saturated rings. The summed E-state index contributed by atoms with van der Waals surface area (Å²) in [7, 11) is -2.44. The van der Waals surface area contributed by atoms with E-state index in [0.29, 0.717) is 5.96 Å². The Hall–Kier alpha value is -3.47. The molecule has 4 rings (SSSR count). The van der Waals surface area contributed by atoms with Crippen LogP contribution in [0.2, 0.25) is 5.02 Å². The number of aromatic nitrogens is 1. The molecule has 0 unspecified atom stereocenters. The van der Waals surface area contributed by atoms with Gasteiger partial charge in [-0.3, -0.25) is 4.72 Å². The minimum absolute atomic E-state index is 0.0307. The van der Waals surface area contributed by atoms with E-state index in [-0.39, 0.29) is 33.7 Å². The van der Waals surface area contributed by atoms with Gasteiger partial charge in [-0.05, 0) is 98.8 Å². The van der Waals surface area contributed by atoms with Crippen LogP contribution < -0.4 is 20.5 Å². The second-order valence-electron chi connectivity index (χ2n) is 9.77. The maximum Gasteiger partial charge on any atom is 0.264 e. The maximum absolute atomic E-state index is 12.9. The van der Waals surface area contributed by atoms with Crippen molar-refractivity contribution in [3.8, 4) is 17.0 Å². The molecule has 11 heteroatoms. The summed E-state index contributed by atoms with van der Waals surface area (Å²) in [6.07, 6.45) is 4.56. The molecule has 0 saturated heterocycles. The number of aryl methyl sites for hydroxylation is 2. The highest BCUT2D eigenvalue weighted by molar-refractivity contribution is 7.92. The highest BCUT2D eigenvalue weighted by Crippen LogP contribution is 2.35. The van der Waals surface area contributed by atoms with Crippen LogP contribution in [-0.2, 0) is 16.4 Å². The van der Waals surface area contributed by atoms with Crippen LogP contribution in [0.25, 0.3) is 11.1 Å². The van der Waals surface area contributed by atoms with Crippen LogP contribution in [0.3, 0.4) is 0 Å². The van der Waals surface area contributed by atoms with Gasteiger partial charge in [-0.15, -0.1) is 0 Å². The number of sulfonamides is 1. The maximum atomic E-state index is 12.9. The summed E-state index contributed by atoms with van der Waals surface area (Å²) in [6, 6.07) is 14.1.